The Bertz CT molecular complexity index is 347. The maximum absolute atomic E-state index is 9.97. The van der Waals surface area contributed by atoms with Gasteiger partial charge in [0, 0.05) is 0 Å². The van der Waals surface area contributed by atoms with E-state index in [2.05, 4.69) is 24.6 Å². The zero-order valence-electron chi connectivity index (χ0n) is 8.57. The Hall–Kier alpha value is -1.38. The molecule has 4 heteroatoms. The number of carbonyl (C=O) groups excluding carboxylic acids is 1. The van der Waals surface area contributed by atoms with E-state index in [1.807, 2.05) is 12.1 Å². The van der Waals surface area contributed by atoms with Crippen LogP contribution in [0.2, 0.25) is 19.6 Å². The van der Waals surface area contributed by atoms with Gasteiger partial charge in [-0.25, -0.2) is 4.79 Å². The molecule has 0 aliphatic rings. The van der Waals surface area contributed by atoms with Gasteiger partial charge < -0.3 is 4.43 Å². The third kappa shape index (κ3) is 3.56. The standard InChI is InChI=1S/C10H13NO2Si/c1-14(2,3)13-10-6-4-9(5-7-10)11-8-12/h4-7H,1-3H3. The molecule has 0 unspecified atom stereocenters. The van der Waals surface area contributed by atoms with Crippen LogP contribution in [-0.2, 0) is 4.79 Å². The number of rotatable bonds is 3. The second-order valence-electron chi connectivity index (χ2n) is 3.91. The molecule has 0 saturated carbocycles. The first-order valence-electron chi connectivity index (χ1n) is 4.38. The second kappa shape index (κ2) is 4.22. The van der Waals surface area contributed by atoms with Gasteiger partial charge in [0.15, 0.2) is 0 Å². The van der Waals surface area contributed by atoms with Crippen LogP contribution in [0.15, 0.2) is 29.3 Å². The fraction of sp³-hybridized carbons (Fsp3) is 0.300. The molecular formula is C10H13NO2Si. The molecule has 0 bridgehead atoms. The van der Waals surface area contributed by atoms with Crippen LogP contribution < -0.4 is 4.43 Å². The largest absolute Gasteiger partial charge is 0.544 e. The van der Waals surface area contributed by atoms with Crippen molar-refractivity contribution in [3.8, 4) is 5.75 Å². The van der Waals surface area contributed by atoms with Crippen LogP contribution in [-0.4, -0.2) is 14.4 Å². The van der Waals surface area contributed by atoms with Gasteiger partial charge in [0.25, 0.3) is 0 Å². The summed E-state index contributed by atoms with van der Waals surface area (Å²) in [6.45, 7) is 6.35. The van der Waals surface area contributed by atoms with Crippen molar-refractivity contribution >= 4 is 20.1 Å². The minimum absolute atomic E-state index is 0.600. The Kier molecular flexibility index (Phi) is 3.22. The van der Waals surface area contributed by atoms with Gasteiger partial charge in [-0.2, -0.15) is 4.99 Å². The number of nitrogens with zero attached hydrogens (tertiary/aromatic N) is 1. The Morgan fingerprint density at radius 3 is 2.21 bits per heavy atom. The molecular weight excluding hydrogens is 194 g/mol. The van der Waals surface area contributed by atoms with Crippen molar-refractivity contribution in [1.82, 2.24) is 0 Å². The summed E-state index contributed by atoms with van der Waals surface area (Å²) in [5, 5.41) is 0. The van der Waals surface area contributed by atoms with Crippen molar-refractivity contribution in [2.75, 3.05) is 0 Å². The average Bonchev–Trinajstić information content (AvgIpc) is 2.06. The van der Waals surface area contributed by atoms with E-state index in [0.717, 1.165) is 5.75 Å². The Morgan fingerprint density at radius 1 is 1.21 bits per heavy atom. The van der Waals surface area contributed by atoms with Crippen molar-refractivity contribution in [2.45, 2.75) is 19.6 Å². The van der Waals surface area contributed by atoms with Crippen LogP contribution in [0, 0.1) is 0 Å². The topological polar surface area (TPSA) is 38.7 Å². The number of hydrogen-bond donors (Lipinski definition) is 0. The quantitative estimate of drug-likeness (QED) is 0.434. The molecule has 3 nitrogen and oxygen atoms in total. The van der Waals surface area contributed by atoms with Gasteiger partial charge in [0.2, 0.25) is 14.4 Å². The van der Waals surface area contributed by atoms with Crippen molar-refractivity contribution < 1.29 is 9.22 Å². The first kappa shape index (κ1) is 10.7. The third-order valence-electron chi connectivity index (χ3n) is 1.44. The van der Waals surface area contributed by atoms with Gasteiger partial charge in [0.1, 0.15) is 5.75 Å². The summed E-state index contributed by atoms with van der Waals surface area (Å²) in [6.07, 6.45) is 1.49. The highest BCUT2D eigenvalue weighted by Gasteiger charge is 2.15. The molecule has 0 spiro atoms. The first-order valence-corrected chi connectivity index (χ1v) is 7.79. The molecule has 1 rings (SSSR count). The number of isocyanates is 1. The molecule has 0 N–H and O–H groups in total. The van der Waals surface area contributed by atoms with Gasteiger partial charge in [-0.15, -0.1) is 0 Å². The van der Waals surface area contributed by atoms with Crippen molar-refractivity contribution in [1.29, 1.82) is 0 Å². The van der Waals surface area contributed by atoms with E-state index < -0.39 is 8.32 Å². The molecule has 0 amide bonds. The highest BCUT2D eigenvalue weighted by molar-refractivity contribution is 6.70. The van der Waals surface area contributed by atoms with Gasteiger partial charge in [0.05, 0.1) is 5.69 Å². The molecule has 74 valence electrons. The maximum atomic E-state index is 9.97. The van der Waals surface area contributed by atoms with E-state index in [4.69, 9.17) is 4.43 Å². The Balaban J connectivity index is 2.78. The van der Waals surface area contributed by atoms with Crippen LogP contribution in [0.4, 0.5) is 5.69 Å². The minimum Gasteiger partial charge on any atom is -0.544 e. The van der Waals surface area contributed by atoms with Gasteiger partial charge >= 0.3 is 0 Å². The minimum atomic E-state index is -1.54. The summed E-state index contributed by atoms with van der Waals surface area (Å²) in [7, 11) is -1.54. The molecule has 0 radical (unpaired) electrons. The van der Waals surface area contributed by atoms with E-state index >= 15 is 0 Å². The van der Waals surface area contributed by atoms with Crippen LogP contribution in [0.3, 0.4) is 0 Å². The van der Waals surface area contributed by atoms with Crippen LogP contribution in [0.1, 0.15) is 0 Å². The van der Waals surface area contributed by atoms with E-state index in [1.54, 1.807) is 12.1 Å². The fourth-order valence-electron chi connectivity index (χ4n) is 0.995. The summed E-state index contributed by atoms with van der Waals surface area (Å²) in [5.74, 6) is 0.828. The molecule has 0 heterocycles. The smallest absolute Gasteiger partial charge is 0.242 e. The monoisotopic (exact) mass is 207 g/mol. The summed E-state index contributed by atoms with van der Waals surface area (Å²) >= 11 is 0. The van der Waals surface area contributed by atoms with Crippen molar-refractivity contribution in [3.05, 3.63) is 24.3 Å². The van der Waals surface area contributed by atoms with Crippen LogP contribution in [0.25, 0.3) is 0 Å². The predicted molar refractivity (Wildman–Crippen MR) is 58.2 cm³/mol. The normalized spacial score (nSPS) is 10.5. The van der Waals surface area contributed by atoms with Crippen molar-refractivity contribution in [3.63, 3.8) is 0 Å². The van der Waals surface area contributed by atoms with Crippen molar-refractivity contribution in [2.24, 2.45) is 4.99 Å². The predicted octanol–water partition coefficient (Wildman–Crippen LogP) is 2.87. The van der Waals surface area contributed by atoms with Gasteiger partial charge in [-0.3, -0.25) is 0 Å². The second-order valence-corrected chi connectivity index (χ2v) is 8.34. The molecule has 0 aliphatic carbocycles. The molecule has 0 aliphatic heterocycles. The van der Waals surface area contributed by atoms with Gasteiger partial charge in [-0.05, 0) is 43.9 Å². The molecule has 0 fully saturated rings. The summed E-state index contributed by atoms with van der Waals surface area (Å²) < 4.78 is 5.73. The summed E-state index contributed by atoms with van der Waals surface area (Å²) in [6, 6.07) is 7.10. The molecule has 0 aromatic heterocycles. The number of benzene rings is 1. The van der Waals surface area contributed by atoms with E-state index in [9.17, 15) is 4.79 Å². The maximum Gasteiger partial charge on any atom is 0.242 e. The van der Waals surface area contributed by atoms with E-state index in [0.29, 0.717) is 5.69 Å². The lowest BCUT2D eigenvalue weighted by Crippen LogP contribution is -2.29. The van der Waals surface area contributed by atoms with E-state index in [-0.39, 0.29) is 0 Å². The first-order chi connectivity index (χ1) is 6.51. The van der Waals surface area contributed by atoms with Gasteiger partial charge in [-0.1, -0.05) is 0 Å². The highest BCUT2D eigenvalue weighted by Crippen LogP contribution is 2.20. The molecule has 0 saturated heterocycles. The lowest BCUT2D eigenvalue weighted by Gasteiger charge is -2.18. The fourth-order valence-corrected chi connectivity index (χ4v) is 1.84. The number of aliphatic imine (C=N–C) groups is 1. The molecule has 1 aromatic rings. The number of hydrogen-bond acceptors (Lipinski definition) is 3. The van der Waals surface area contributed by atoms with E-state index in [1.165, 1.54) is 6.08 Å². The Labute approximate surface area is 84.6 Å². The molecule has 1 aromatic carbocycles. The third-order valence-corrected chi connectivity index (χ3v) is 2.28. The van der Waals surface area contributed by atoms with Crippen LogP contribution >= 0.6 is 0 Å². The highest BCUT2D eigenvalue weighted by atomic mass is 28.4. The molecule has 0 atom stereocenters. The van der Waals surface area contributed by atoms with Crippen LogP contribution in [0.5, 0.6) is 5.75 Å². The summed E-state index contributed by atoms with van der Waals surface area (Å²) in [4.78, 5) is 13.5. The lowest BCUT2D eigenvalue weighted by atomic mass is 10.3. The zero-order valence-corrected chi connectivity index (χ0v) is 9.57. The SMILES string of the molecule is C[Si](C)(C)Oc1ccc(N=C=O)cc1. The Morgan fingerprint density at radius 2 is 1.79 bits per heavy atom. The average molecular weight is 207 g/mol. The lowest BCUT2D eigenvalue weighted by molar-refractivity contribution is 0.557. The summed E-state index contributed by atoms with van der Waals surface area (Å²) in [5.41, 5.74) is 0.600. The zero-order chi connectivity index (χ0) is 10.6. The molecule has 14 heavy (non-hydrogen) atoms.